The molecule has 452 valence electrons. The molecule has 0 bridgehead atoms. The van der Waals surface area contributed by atoms with Crippen LogP contribution in [0.1, 0.15) is 372 Å². The summed E-state index contributed by atoms with van der Waals surface area (Å²) in [6, 6.07) is 17.4. The molecule has 3 heteroatoms. The molecule has 0 unspecified atom stereocenters. The van der Waals surface area contributed by atoms with Gasteiger partial charge in [0.25, 0.3) is 0 Å². The van der Waals surface area contributed by atoms with Crippen LogP contribution < -0.4 is 0 Å². The number of hydrogen-bond acceptors (Lipinski definition) is 2. The topological polar surface area (TPSA) is 24.7 Å². The molecule has 2 rings (SSSR count). The van der Waals surface area contributed by atoms with Crippen molar-refractivity contribution in [1.29, 1.82) is 0 Å². The van der Waals surface area contributed by atoms with Gasteiger partial charge in [-0.05, 0) is 74.6 Å². The second kappa shape index (κ2) is 61.5. The van der Waals surface area contributed by atoms with Crippen molar-refractivity contribution in [3.8, 4) is 23.7 Å². The summed E-state index contributed by atoms with van der Waals surface area (Å²) in [7, 11) is 0. The molecule has 0 fully saturated rings. The van der Waals surface area contributed by atoms with Crippen molar-refractivity contribution in [2.75, 3.05) is 0 Å². The Balaban J connectivity index is 0.0000312. The number of benzene rings is 2. The minimum atomic E-state index is 0. The predicted molar refractivity (Wildman–Crippen MR) is 353 cm³/mol. The number of rotatable bonds is 56. The van der Waals surface area contributed by atoms with Crippen LogP contribution in [0.2, 0.25) is 0 Å². The first-order chi connectivity index (χ1) is 38.8. The molecular formula is C76H128N2Ni. The van der Waals surface area contributed by atoms with Crippen LogP contribution >= 0.6 is 0 Å². The first-order valence-electron chi connectivity index (χ1n) is 35.0. The van der Waals surface area contributed by atoms with Crippen LogP contribution in [0.15, 0.2) is 58.5 Å². The van der Waals surface area contributed by atoms with E-state index in [4.69, 9.17) is 9.98 Å². The summed E-state index contributed by atoms with van der Waals surface area (Å²) in [5.74, 6) is 13.9. The first kappa shape index (κ1) is 74.4. The Bertz CT molecular complexity index is 1770. The van der Waals surface area contributed by atoms with E-state index in [2.05, 4.69) is 93.0 Å². The Morgan fingerprint density at radius 1 is 0.304 bits per heavy atom. The van der Waals surface area contributed by atoms with Crippen LogP contribution in [0, 0.1) is 23.7 Å². The standard InChI is InChI=1S/C76H128N2.Ni/c1-4-7-10-12-14-16-18-20-22-24-26-28-30-32-34-36-38-40-42-44-46-48-50-52-54-56-58-64-72-66-60-62-69-75(72)77-71-74(68-9-6-3)78-76-70-63-61-67-73(76)65-59-57-55-53-51-49-47-45-43-41-39-37-35-33-31-29-27-25-23-21-19-17-15-13-11-8-5-2;/h60-63,66-67,69-71H,4-51,56-59,64-65,68H2,1-3H3;/b77-71+,78-74-;. The number of hydrogen-bond donors (Lipinski definition) is 0. The SMILES string of the molecule is CCCCCCCCCCCCCCCCCCCCCCCCC#CCCCc1ccccc1/N=C(\C=N\c1ccccc1CCCC#CCCCCCCCCCCCCCCCCCCCCCCCC)CCCC.[Ni]. The predicted octanol–water partition coefficient (Wildman–Crippen LogP) is 26.0. The first-order valence-corrected chi connectivity index (χ1v) is 35.0. The minimum absolute atomic E-state index is 0. The zero-order chi connectivity index (χ0) is 55.4. The molecule has 0 saturated heterocycles. The van der Waals surface area contributed by atoms with E-state index < -0.39 is 0 Å². The van der Waals surface area contributed by atoms with Crippen molar-refractivity contribution in [3.63, 3.8) is 0 Å². The molecule has 0 aliphatic carbocycles. The Morgan fingerprint density at radius 2 is 0.557 bits per heavy atom. The summed E-state index contributed by atoms with van der Waals surface area (Å²) < 4.78 is 0. The van der Waals surface area contributed by atoms with Gasteiger partial charge in [0.15, 0.2) is 0 Å². The van der Waals surface area contributed by atoms with Crippen molar-refractivity contribution in [3.05, 3.63) is 59.7 Å². The molecule has 2 aromatic rings. The van der Waals surface area contributed by atoms with Gasteiger partial charge in [0.1, 0.15) is 0 Å². The molecular weight excluding hydrogens is 1000 g/mol. The summed E-state index contributed by atoms with van der Waals surface area (Å²) in [6.45, 7) is 6.87. The van der Waals surface area contributed by atoms with Crippen LogP contribution in [-0.4, -0.2) is 11.9 Å². The van der Waals surface area contributed by atoms with Gasteiger partial charge in [-0.3, -0.25) is 9.98 Å². The average molecular weight is 1130 g/mol. The molecule has 2 nitrogen and oxygen atoms in total. The summed E-state index contributed by atoms with van der Waals surface area (Å²) in [4.78, 5) is 10.3. The average Bonchev–Trinajstić information content (AvgIpc) is 3.46. The molecule has 0 amide bonds. The van der Waals surface area contributed by atoms with Crippen molar-refractivity contribution in [2.24, 2.45) is 9.98 Å². The van der Waals surface area contributed by atoms with E-state index in [1.54, 1.807) is 0 Å². The quantitative estimate of drug-likeness (QED) is 0.0273. The van der Waals surface area contributed by atoms with Gasteiger partial charge in [0, 0.05) is 48.4 Å². The molecule has 0 radical (unpaired) electrons. The van der Waals surface area contributed by atoms with E-state index >= 15 is 0 Å². The van der Waals surface area contributed by atoms with Gasteiger partial charge in [-0.15, -0.1) is 23.7 Å². The van der Waals surface area contributed by atoms with Crippen molar-refractivity contribution in [2.45, 2.75) is 374 Å². The fourth-order valence-corrected chi connectivity index (χ4v) is 11.2. The van der Waals surface area contributed by atoms with Gasteiger partial charge in [-0.2, -0.15) is 0 Å². The third kappa shape index (κ3) is 49.7. The summed E-state index contributed by atoms with van der Waals surface area (Å²) in [6.07, 6.45) is 76.5. The van der Waals surface area contributed by atoms with Gasteiger partial charge in [0.2, 0.25) is 0 Å². The zero-order valence-electron chi connectivity index (χ0n) is 52.8. The van der Waals surface area contributed by atoms with Crippen molar-refractivity contribution in [1.82, 2.24) is 0 Å². The van der Waals surface area contributed by atoms with Crippen LogP contribution in [-0.2, 0) is 29.3 Å². The number of para-hydroxylation sites is 2. The smallest absolute Gasteiger partial charge is 0.0665 e. The second-order valence-corrected chi connectivity index (χ2v) is 24.0. The molecule has 0 aliphatic rings. The van der Waals surface area contributed by atoms with Crippen LogP contribution in [0.25, 0.3) is 0 Å². The molecule has 0 spiro atoms. The molecule has 0 N–H and O–H groups in total. The van der Waals surface area contributed by atoms with Crippen LogP contribution in [0.3, 0.4) is 0 Å². The summed E-state index contributed by atoms with van der Waals surface area (Å²) >= 11 is 0. The Hall–Kier alpha value is -2.61. The largest absolute Gasteiger partial charge is 0.255 e. The van der Waals surface area contributed by atoms with E-state index in [9.17, 15) is 0 Å². The van der Waals surface area contributed by atoms with E-state index in [1.165, 1.54) is 294 Å². The van der Waals surface area contributed by atoms with E-state index in [1.807, 2.05) is 6.21 Å². The molecule has 0 aliphatic heterocycles. The maximum absolute atomic E-state index is 5.24. The normalized spacial score (nSPS) is 11.5. The van der Waals surface area contributed by atoms with Gasteiger partial charge in [-0.1, -0.05) is 333 Å². The Labute approximate surface area is 504 Å². The minimum Gasteiger partial charge on any atom is -0.255 e. The number of aryl methyl sites for hydroxylation is 2. The fourth-order valence-electron chi connectivity index (χ4n) is 11.2. The van der Waals surface area contributed by atoms with Crippen LogP contribution in [0.5, 0.6) is 0 Å². The van der Waals surface area contributed by atoms with Gasteiger partial charge < -0.3 is 0 Å². The number of unbranched alkanes of at least 4 members (excludes halogenated alkanes) is 47. The maximum Gasteiger partial charge on any atom is 0.0665 e. The molecule has 0 saturated carbocycles. The fraction of sp³-hybridized carbons (Fsp3) is 0.763. The third-order valence-electron chi connectivity index (χ3n) is 16.4. The second-order valence-electron chi connectivity index (χ2n) is 24.0. The monoisotopic (exact) mass is 1130 g/mol. The molecule has 0 atom stereocenters. The van der Waals surface area contributed by atoms with Gasteiger partial charge >= 0.3 is 0 Å². The number of nitrogens with zero attached hydrogens (tertiary/aromatic N) is 2. The van der Waals surface area contributed by atoms with E-state index in [-0.39, 0.29) is 16.5 Å². The zero-order valence-corrected chi connectivity index (χ0v) is 53.8. The maximum atomic E-state index is 5.24. The Kier molecular flexibility index (Phi) is 57.9. The van der Waals surface area contributed by atoms with E-state index in [0.29, 0.717) is 0 Å². The van der Waals surface area contributed by atoms with Crippen molar-refractivity contribution < 1.29 is 16.5 Å². The molecule has 79 heavy (non-hydrogen) atoms. The molecule has 0 heterocycles. The molecule has 2 aromatic carbocycles. The van der Waals surface area contributed by atoms with Crippen molar-refractivity contribution >= 4 is 23.3 Å². The summed E-state index contributed by atoms with van der Waals surface area (Å²) in [5.41, 5.74) is 5.85. The summed E-state index contributed by atoms with van der Waals surface area (Å²) in [5, 5.41) is 0. The van der Waals surface area contributed by atoms with Gasteiger partial charge in [0.05, 0.1) is 17.1 Å². The Morgan fingerprint density at radius 3 is 0.873 bits per heavy atom. The number of aliphatic imine (C=N–C) groups is 2. The van der Waals surface area contributed by atoms with Gasteiger partial charge in [-0.25, -0.2) is 0 Å². The van der Waals surface area contributed by atoms with Crippen LogP contribution in [0.4, 0.5) is 11.4 Å². The van der Waals surface area contributed by atoms with E-state index in [0.717, 1.165) is 87.7 Å². The molecule has 0 aromatic heterocycles. The third-order valence-corrected chi connectivity index (χ3v) is 16.4.